The van der Waals surface area contributed by atoms with Crippen LogP contribution in [-0.4, -0.2) is 50.3 Å². The summed E-state index contributed by atoms with van der Waals surface area (Å²) in [5.74, 6) is 0.213. The first kappa shape index (κ1) is 19.3. The Morgan fingerprint density at radius 3 is 2.48 bits per heavy atom. The third kappa shape index (κ3) is 5.77. The predicted molar refractivity (Wildman–Crippen MR) is 101 cm³/mol. The number of aryl methyl sites for hydroxylation is 1. The zero-order valence-corrected chi connectivity index (χ0v) is 15.5. The minimum atomic E-state index is -0.269. The third-order valence-corrected chi connectivity index (χ3v) is 4.62. The molecule has 1 aliphatic rings. The van der Waals surface area contributed by atoms with Gasteiger partial charge in [-0.2, -0.15) is 0 Å². The maximum absolute atomic E-state index is 13.3. The highest BCUT2D eigenvalue weighted by Crippen LogP contribution is 2.21. The first-order chi connectivity index (χ1) is 13.1. The van der Waals surface area contributed by atoms with Crippen LogP contribution in [0.25, 0.3) is 0 Å². The quantitative estimate of drug-likeness (QED) is 0.812. The van der Waals surface area contributed by atoms with E-state index in [9.17, 15) is 9.18 Å². The van der Waals surface area contributed by atoms with E-state index in [1.54, 1.807) is 12.1 Å². The fourth-order valence-corrected chi connectivity index (χ4v) is 3.08. The highest BCUT2D eigenvalue weighted by Gasteiger charge is 2.23. The van der Waals surface area contributed by atoms with Crippen LogP contribution in [0.1, 0.15) is 17.2 Å². The molecular weight excluding hydrogens is 347 g/mol. The predicted octanol–water partition coefficient (Wildman–Crippen LogP) is 2.70. The van der Waals surface area contributed by atoms with Crippen LogP contribution in [0, 0.1) is 12.7 Å². The van der Waals surface area contributed by atoms with Gasteiger partial charge in [-0.3, -0.25) is 9.69 Å². The molecule has 0 aliphatic carbocycles. The zero-order valence-electron chi connectivity index (χ0n) is 15.5. The van der Waals surface area contributed by atoms with Gasteiger partial charge >= 0.3 is 0 Å². The second kappa shape index (κ2) is 9.48. The van der Waals surface area contributed by atoms with Crippen molar-refractivity contribution in [2.75, 3.05) is 39.5 Å². The van der Waals surface area contributed by atoms with Crippen LogP contribution in [0.15, 0.2) is 48.5 Å². The fraction of sp³-hybridized carbons (Fsp3) is 0.381. The lowest BCUT2D eigenvalue weighted by Gasteiger charge is -2.35. The number of amides is 1. The summed E-state index contributed by atoms with van der Waals surface area (Å²) in [6.07, 6.45) is 0. The first-order valence-electron chi connectivity index (χ1n) is 9.15. The Kier molecular flexibility index (Phi) is 6.79. The topological polar surface area (TPSA) is 50.8 Å². The second-order valence-corrected chi connectivity index (χ2v) is 6.62. The molecule has 27 heavy (non-hydrogen) atoms. The number of hydrogen-bond acceptors (Lipinski definition) is 4. The van der Waals surface area contributed by atoms with Crippen molar-refractivity contribution >= 4 is 5.91 Å². The molecule has 2 aromatic rings. The maximum atomic E-state index is 13.3. The van der Waals surface area contributed by atoms with Crippen molar-refractivity contribution in [2.45, 2.75) is 13.0 Å². The van der Waals surface area contributed by atoms with E-state index in [-0.39, 0.29) is 24.4 Å². The van der Waals surface area contributed by atoms with E-state index < -0.39 is 0 Å². The van der Waals surface area contributed by atoms with Gasteiger partial charge < -0.3 is 14.8 Å². The molecule has 0 saturated carbocycles. The molecule has 2 aromatic carbocycles. The van der Waals surface area contributed by atoms with Crippen LogP contribution in [0.5, 0.6) is 5.75 Å². The molecule has 1 saturated heterocycles. The van der Waals surface area contributed by atoms with E-state index >= 15 is 0 Å². The fourth-order valence-electron chi connectivity index (χ4n) is 3.08. The van der Waals surface area contributed by atoms with Gasteiger partial charge in [0.05, 0.1) is 19.3 Å². The Hall–Kier alpha value is -2.44. The number of carbonyl (C=O) groups is 1. The molecule has 1 atom stereocenters. The summed E-state index contributed by atoms with van der Waals surface area (Å²) < 4.78 is 24.2. The minimum absolute atomic E-state index is 0.0298. The van der Waals surface area contributed by atoms with Gasteiger partial charge in [-0.1, -0.05) is 29.8 Å². The molecule has 1 fully saturated rings. The molecule has 5 nitrogen and oxygen atoms in total. The molecule has 6 heteroatoms. The Labute approximate surface area is 159 Å². The number of ether oxygens (including phenoxy) is 2. The normalized spacial score (nSPS) is 15.9. The zero-order chi connectivity index (χ0) is 19.1. The first-order valence-corrected chi connectivity index (χ1v) is 9.15. The van der Waals surface area contributed by atoms with E-state index in [1.165, 1.54) is 12.1 Å². The molecule has 0 aromatic heterocycles. The number of morpholine rings is 1. The summed E-state index contributed by atoms with van der Waals surface area (Å²) in [6, 6.07) is 14.0. The van der Waals surface area contributed by atoms with Crippen molar-refractivity contribution in [1.29, 1.82) is 0 Å². The monoisotopic (exact) mass is 372 g/mol. The van der Waals surface area contributed by atoms with Gasteiger partial charge in [-0.05, 0) is 36.8 Å². The number of halogens is 1. The highest BCUT2D eigenvalue weighted by atomic mass is 19.1. The summed E-state index contributed by atoms with van der Waals surface area (Å²) in [5.41, 5.74) is 2.11. The SMILES string of the molecule is Cc1ccc(OCC(=O)NCC(c2ccc(F)cc2)N2CCOCC2)cc1. The van der Waals surface area contributed by atoms with Crippen LogP contribution < -0.4 is 10.1 Å². The van der Waals surface area contributed by atoms with Crippen LogP contribution in [0.3, 0.4) is 0 Å². The van der Waals surface area contributed by atoms with Crippen molar-refractivity contribution in [3.05, 3.63) is 65.5 Å². The van der Waals surface area contributed by atoms with Crippen molar-refractivity contribution in [1.82, 2.24) is 10.2 Å². The van der Waals surface area contributed by atoms with Gasteiger partial charge in [-0.15, -0.1) is 0 Å². The lowest BCUT2D eigenvalue weighted by molar-refractivity contribution is -0.123. The summed E-state index contributed by atoms with van der Waals surface area (Å²) in [5, 5.41) is 2.93. The number of rotatable bonds is 7. The Bertz CT molecular complexity index is 728. The van der Waals surface area contributed by atoms with Crippen LogP contribution >= 0.6 is 0 Å². The standard InChI is InChI=1S/C21H25FN2O3/c1-16-2-8-19(9-3-16)27-15-21(25)23-14-20(24-10-12-26-13-11-24)17-4-6-18(22)7-5-17/h2-9,20H,10-15H2,1H3,(H,23,25). The van der Waals surface area contributed by atoms with E-state index in [1.807, 2.05) is 31.2 Å². The second-order valence-electron chi connectivity index (χ2n) is 6.62. The van der Waals surface area contributed by atoms with Crippen molar-refractivity contribution in [3.8, 4) is 5.75 Å². The molecular formula is C21H25FN2O3. The van der Waals surface area contributed by atoms with Gasteiger partial charge in [-0.25, -0.2) is 4.39 Å². The maximum Gasteiger partial charge on any atom is 0.258 e. The highest BCUT2D eigenvalue weighted by molar-refractivity contribution is 5.77. The number of benzene rings is 2. The lowest BCUT2D eigenvalue weighted by atomic mass is 10.0. The van der Waals surface area contributed by atoms with Gasteiger partial charge in [0, 0.05) is 19.6 Å². The molecule has 3 rings (SSSR count). The molecule has 1 unspecified atom stereocenters. The molecule has 0 bridgehead atoms. The molecule has 0 radical (unpaired) electrons. The van der Waals surface area contributed by atoms with Crippen LogP contribution in [-0.2, 0) is 9.53 Å². The van der Waals surface area contributed by atoms with Crippen molar-refractivity contribution in [3.63, 3.8) is 0 Å². The van der Waals surface area contributed by atoms with Crippen molar-refractivity contribution in [2.24, 2.45) is 0 Å². The molecule has 0 spiro atoms. The largest absolute Gasteiger partial charge is 0.484 e. The number of nitrogens with one attached hydrogen (secondary N) is 1. The molecule has 1 N–H and O–H groups in total. The molecule has 1 heterocycles. The number of nitrogens with zero attached hydrogens (tertiary/aromatic N) is 1. The van der Waals surface area contributed by atoms with Gasteiger partial charge in [0.1, 0.15) is 11.6 Å². The van der Waals surface area contributed by atoms with E-state index in [0.717, 1.165) is 24.2 Å². The smallest absolute Gasteiger partial charge is 0.258 e. The Morgan fingerprint density at radius 2 is 1.81 bits per heavy atom. The van der Waals surface area contributed by atoms with Gasteiger partial charge in [0.15, 0.2) is 6.61 Å². The number of carbonyl (C=O) groups excluding carboxylic acids is 1. The van der Waals surface area contributed by atoms with Crippen molar-refractivity contribution < 1.29 is 18.7 Å². The average Bonchev–Trinajstić information content (AvgIpc) is 2.70. The third-order valence-electron chi connectivity index (χ3n) is 4.62. The molecule has 1 amide bonds. The summed E-state index contributed by atoms with van der Waals surface area (Å²) in [4.78, 5) is 14.5. The average molecular weight is 372 g/mol. The minimum Gasteiger partial charge on any atom is -0.484 e. The van der Waals surface area contributed by atoms with Crippen LogP contribution in [0.2, 0.25) is 0 Å². The summed E-state index contributed by atoms with van der Waals surface area (Å²) in [6.45, 7) is 5.25. The summed E-state index contributed by atoms with van der Waals surface area (Å²) in [7, 11) is 0. The van der Waals surface area contributed by atoms with Gasteiger partial charge in [0.2, 0.25) is 0 Å². The summed E-state index contributed by atoms with van der Waals surface area (Å²) >= 11 is 0. The Balaban J connectivity index is 1.57. The van der Waals surface area contributed by atoms with Gasteiger partial charge in [0.25, 0.3) is 5.91 Å². The molecule has 144 valence electrons. The van der Waals surface area contributed by atoms with Crippen LogP contribution in [0.4, 0.5) is 4.39 Å². The van der Waals surface area contributed by atoms with E-state index in [0.29, 0.717) is 25.5 Å². The number of hydrogen-bond donors (Lipinski definition) is 1. The van der Waals surface area contributed by atoms with E-state index in [4.69, 9.17) is 9.47 Å². The Morgan fingerprint density at radius 1 is 1.15 bits per heavy atom. The molecule has 1 aliphatic heterocycles. The van der Waals surface area contributed by atoms with E-state index in [2.05, 4.69) is 10.2 Å². The lowest BCUT2D eigenvalue weighted by Crippen LogP contribution is -2.44.